The molecule has 1 aliphatic rings. The first-order valence-electron chi connectivity index (χ1n) is 6.19. The van der Waals surface area contributed by atoms with Crippen molar-refractivity contribution in [2.75, 3.05) is 31.6 Å². The number of aryl methyl sites for hydroxylation is 1. The molecule has 1 N–H and O–H groups in total. The Morgan fingerprint density at radius 3 is 2.89 bits per heavy atom. The second-order valence-electron chi connectivity index (χ2n) is 4.49. The fourth-order valence-electron chi connectivity index (χ4n) is 2.01. The molecule has 1 aromatic rings. The number of carbonyl (C=O) groups excluding carboxylic acids is 1. The number of nitrogens with one attached hydrogen (secondary N) is 1. The van der Waals surface area contributed by atoms with Crippen LogP contribution in [0.1, 0.15) is 19.2 Å². The van der Waals surface area contributed by atoms with Gasteiger partial charge in [-0.3, -0.25) is 9.59 Å². The van der Waals surface area contributed by atoms with E-state index in [-0.39, 0.29) is 18.0 Å². The van der Waals surface area contributed by atoms with Gasteiger partial charge in [0.25, 0.3) is 5.56 Å². The van der Waals surface area contributed by atoms with Crippen molar-refractivity contribution in [3.8, 4) is 0 Å². The number of anilines is 1. The molecule has 6 nitrogen and oxygen atoms in total. The fourth-order valence-corrected chi connectivity index (χ4v) is 2.01. The van der Waals surface area contributed by atoms with Crippen LogP contribution in [0.2, 0.25) is 0 Å². The number of nitrogens with zero attached hydrogens (tertiary/aromatic N) is 3. The molecule has 0 saturated carbocycles. The Bertz CT molecular complexity index is 497. The second kappa shape index (κ2) is 5.20. The predicted molar refractivity (Wildman–Crippen MR) is 68.7 cm³/mol. The summed E-state index contributed by atoms with van der Waals surface area (Å²) in [5.41, 5.74) is -0.165. The molecule has 98 valence electrons. The maximum absolute atomic E-state index is 11.8. The normalized spacial score (nSPS) is 16.9. The van der Waals surface area contributed by atoms with Gasteiger partial charge < -0.3 is 14.8 Å². The van der Waals surface area contributed by atoms with E-state index >= 15 is 0 Å². The van der Waals surface area contributed by atoms with Gasteiger partial charge in [-0.25, -0.2) is 4.98 Å². The summed E-state index contributed by atoms with van der Waals surface area (Å²) in [7, 11) is 1.80. The van der Waals surface area contributed by atoms with Crippen LogP contribution in [0.3, 0.4) is 0 Å². The number of likely N-dealkylation sites (N-methyl/N-ethyl adjacent to an activating group) is 1. The third kappa shape index (κ3) is 2.69. The third-order valence-electron chi connectivity index (χ3n) is 3.11. The van der Waals surface area contributed by atoms with Gasteiger partial charge in [-0.05, 0) is 6.42 Å². The minimum Gasteiger partial charge on any atom is -0.347 e. The van der Waals surface area contributed by atoms with E-state index in [9.17, 15) is 9.59 Å². The average molecular weight is 250 g/mol. The largest absolute Gasteiger partial charge is 0.347 e. The fraction of sp³-hybridized carbons (Fsp3) is 0.583. The number of H-pyrrole nitrogens is 1. The van der Waals surface area contributed by atoms with Crippen molar-refractivity contribution in [3.05, 3.63) is 22.2 Å². The molecule has 1 fully saturated rings. The van der Waals surface area contributed by atoms with E-state index < -0.39 is 0 Å². The second-order valence-corrected chi connectivity index (χ2v) is 4.49. The number of hydrogen-bond acceptors (Lipinski definition) is 4. The SMILES string of the molecule is CCc1nc(N2CCCN(C)C(=O)C2)cc(=O)[nH]1. The lowest BCUT2D eigenvalue weighted by Gasteiger charge is -2.20. The predicted octanol–water partition coefficient (Wildman–Crippen LogP) is 0.000800. The van der Waals surface area contributed by atoms with Crippen LogP contribution in [0.15, 0.2) is 10.9 Å². The van der Waals surface area contributed by atoms with Crippen LogP contribution in [0.4, 0.5) is 5.82 Å². The highest BCUT2D eigenvalue weighted by Crippen LogP contribution is 2.12. The molecule has 0 bridgehead atoms. The van der Waals surface area contributed by atoms with Gasteiger partial charge in [0, 0.05) is 32.6 Å². The molecule has 0 aromatic carbocycles. The van der Waals surface area contributed by atoms with E-state index in [1.54, 1.807) is 11.9 Å². The van der Waals surface area contributed by atoms with Crippen molar-refractivity contribution in [2.45, 2.75) is 19.8 Å². The van der Waals surface area contributed by atoms with E-state index in [4.69, 9.17) is 0 Å². The minimum atomic E-state index is -0.165. The molecular weight excluding hydrogens is 232 g/mol. The summed E-state index contributed by atoms with van der Waals surface area (Å²) in [6.07, 6.45) is 1.56. The van der Waals surface area contributed by atoms with Gasteiger partial charge in [0.15, 0.2) is 0 Å². The standard InChI is InChI=1S/C12H18N4O2/c1-3-9-13-10(7-11(17)14-9)16-6-4-5-15(2)12(18)8-16/h7H,3-6,8H2,1-2H3,(H,13,14,17). The molecule has 0 unspecified atom stereocenters. The van der Waals surface area contributed by atoms with Crippen molar-refractivity contribution in [3.63, 3.8) is 0 Å². The Labute approximate surface area is 106 Å². The Kier molecular flexibility index (Phi) is 3.64. The quantitative estimate of drug-likeness (QED) is 0.802. The highest BCUT2D eigenvalue weighted by Gasteiger charge is 2.20. The van der Waals surface area contributed by atoms with Crippen molar-refractivity contribution in [2.24, 2.45) is 0 Å². The number of rotatable bonds is 2. The molecule has 2 rings (SSSR count). The molecule has 1 aromatic heterocycles. The van der Waals surface area contributed by atoms with Crippen molar-refractivity contribution < 1.29 is 4.79 Å². The number of amides is 1. The van der Waals surface area contributed by atoms with E-state index in [1.165, 1.54) is 6.07 Å². The van der Waals surface area contributed by atoms with Crippen molar-refractivity contribution in [1.29, 1.82) is 0 Å². The maximum atomic E-state index is 11.8. The molecule has 0 atom stereocenters. The molecule has 1 amide bonds. The van der Waals surface area contributed by atoms with Crippen LogP contribution in [-0.2, 0) is 11.2 Å². The molecule has 1 saturated heterocycles. The lowest BCUT2D eigenvalue weighted by Crippen LogP contribution is -2.35. The van der Waals surface area contributed by atoms with Gasteiger partial charge >= 0.3 is 0 Å². The van der Waals surface area contributed by atoms with Crippen LogP contribution >= 0.6 is 0 Å². The Balaban J connectivity index is 2.27. The molecular formula is C12H18N4O2. The third-order valence-corrected chi connectivity index (χ3v) is 3.11. The first kappa shape index (κ1) is 12.6. The van der Waals surface area contributed by atoms with Crippen LogP contribution in [-0.4, -0.2) is 47.5 Å². The summed E-state index contributed by atoms with van der Waals surface area (Å²) >= 11 is 0. The topological polar surface area (TPSA) is 69.3 Å². The van der Waals surface area contributed by atoms with Crippen molar-refractivity contribution >= 4 is 11.7 Å². The summed E-state index contributed by atoms with van der Waals surface area (Å²) in [4.78, 5) is 34.0. The maximum Gasteiger partial charge on any atom is 0.252 e. The first-order chi connectivity index (χ1) is 8.60. The van der Waals surface area contributed by atoms with Gasteiger partial charge in [-0.15, -0.1) is 0 Å². The monoisotopic (exact) mass is 250 g/mol. The number of aromatic amines is 1. The summed E-state index contributed by atoms with van der Waals surface area (Å²) in [6, 6.07) is 1.46. The van der Waals surface area contributed by atoms with E-state index in [0.717, 1.165) is 19.5 Å². The van der Waals surface area contributed by atoms with Crippen LogP contribution in [0.5, 0.6) is 0 Å². The van der Waals surface area contributed by atoms with Gasteiger partial charge in [-0.2, -0.15) is 0 Å². The molecule has 0 aliphatic carbocycles. The van der Waals surface area contributed by atoms with E-state index in [0.29, 0.717) is 18.1 Å². The van der Waals surface area contributed by atoms with E-state index in [1.807, 2.05) is 11.8 Å². The highest BCUT2D eigenvalue weighted by atomic mass is 16.2. The molecule has 6 heteroatoms. The Hall–Kier alpha value is -1.85. The summed E-state index contributed by atoms with van der Waals surface area (Å²) < 4.78 is 0. The summed E-state index contributed by atoms with van der Waals surface area (Å²) in [6.45, 7) is 3.72. The zero-order chi connectivity index (χ0) is 13.1. The lowest BCUT2D eigenvalue weighted by atomic mass is 10.3. The molecule has 0 spiro atoms. The summed E-state index contributed by atoms with van der Waals surface area (Å²) in [5.74, 6) is 1.31. The minimum absolute atomic E-state index is 0.0626. The Morgan fingerprint density at radius 1 is 1.39 bits per heavy atom. The highest BCUT2D eigenvalue weighted by molar-refractivity contribution is 5.81. The van der Waals surface area contributed by atoms with Gasteiger partial charge in [0.2, 0.25) is 5.91 Å². The number of hydrogen-bond donors (Lipinski definition) is 1. The van der Waals surface area contributed by atoms with Crippen LogP contribution in [0, 0.1) is 0 Å². The molecule has 0 radical (unpaired) electrons. The molecule has 2 heterocycles. The van der Waals surface area contributed by atoms with Gasteiger partial charge in [-0.1, -0.05) is 6.92 Å². The number of carbonyl (C=O) groups is 1. The van der Waals surface area contributed by atoms with Crippen molar-refractivity contribution in [1.82, 2.24) is 14.9 Å². The van der Waals surface area contributed by atoms with Crippen LogP contribution < -0.4 is 10.5 Å². The zero-order valence-electron chi connectivity index (χ0n) is 10.8. The zero-order valence-corrected chi connectivity index (χ0v) is 10.8. The smallest absolute Gasteiger partial charge is 0.252 e. The average Bonchev–Trinajstić information content (AvgIpc) is 2.51. The Morgan fingerprint density at radius 2 is 2.17 bits per heavy atom. The summed E-state index contributed by atoms with van der Waals surface area (Å²) in [5, 5.41) is 0. The van der Waals surface area contributed by atoms with Crippen LogP contribution in [0.25, 0.3) is 0 Å². The van der Waals surface area contributed by atoms with Gasteiger partial charge in [0.1, 0.15) is 11.6 Å². The number of aromatic nitrogens is 2. The first-order valence-corrected chi connectivity index (χ1v) is 6.19. The molecule has 1 aliphatic heterocycles. The molecule has 18 heavy (non-hydrogen) atoms. The van der Waals surface area contributed by atoms with Gasteiger partial charge in [0.05, 0.1) is 6.54 Å². The lowest BCUT2D eigenvalue weighted by molar-refractivity contribution is -0.127. The van der Waals surface area contributed by atoms with E-state index in [2.05, 4.69) is 9.97 Å².